The second kappa shape index (κ2) is 8.28. The van der Waals surface area contributed by atoms with Crippen LogP contribution in [0, 0.1) is 0 Å². The summed E-state index contributed by atoms with van der Waals surface area (Å²) in [6, 6.07) is 2.09. The summed E-state index contributed by atoms with van der Waals surface area (Å²) in [5, 5.41) is 5.51. The van der Waals surface area contributed by atoms with Crippen molar-refractivity contribution in [3.8, 4) is 0 Å². The molecule has 0 atom stereocenters. The van der Waals surface area contributed by atoms with Crippen molar-refractivity contribution in [1.29, 1.82) is 0 Å². The van der Waals surface area contributed by atoms with Crippen LogP contribution in [0.25, 0.3) is 0 Å². The molecule has 0 fully saturated rings. The smallest absolute Gasteiger partial charge is 0.0478 e. The first kappa shape index (κ1) is 13.2. The predicted octanol–water partition coefficient (Wildman–Crippen LogP) is 3.42. The minimum absolute atomic E-state index is 0.868. The van der Waals surface area contributed by atoms with E-state index in [1.165, 1.54) is 9.35 Å². The largest absolute Gasteiger partial charge is 0.381 e. The number of nitrogens with one attached hydrogen (secondary N) is 1. The number of ether oxygens (including phenoxy) is 1. The van der Waals surface area contributed by atoms with E-state index in [0.717, 1.165) is 39.1 Å². The predicted molar refractivity (Wildman–Crippen MR) is 69.5 cm³/mol. The van der Waals surface area contributed by atoms with Crippen molar-refractivity contribution in [3.63, 3.8) is 0 Å². The highest BCUT2D eigenvalue weighted by Gasteiger charge is 1.99. The first-order chi connectivity index (χ1) is 7.34. The van der Waals surface area contributed by atoms with Crippen molar-refractivity contribution in [3.05, 3.63) is 20.8 Å². The number of hydrogen-bond donors (Lipinski definition) is 1. The lowest BCUT2D eigenvalue weighted by atomic mass is 10.4. The standard InChI is InChI=1S/C11H18BrNOS/c1-2-6-14-7-3-5-13-9-11-10(12)4-8-15-11/h4,8,13H,2-3,5-7,9H2,1H3. The Hall–Kier alpha value is 0.100. The van der Waals surface area contributed by atoms with Crippen LogP contribution in [0.4, 0.5) is 0 Å². The Bertz CT molecular complexity index is 265. The molecule has 1 heterocycles. The molecular formula is C11H18BrNOS. The summed E-state index contributed by atoms with van der Waals surface area (Å²) in [6.07, 6.45) is 2.19. The third-order valence-electron chi connectivity index (χ3n) is 1.97. The number of thiophene rings is 1. The molecule has 1 rings (SSSR count). The van der Waals surface area contributed by atoms with Gasteiger partial charge in [-0.2, -0.15) is 0 Å². The van der Waals surface area contributed by atoms with Gasteiger partial charge in [0.1, 0.15) is 0 Å². The molecule has 0 radical (unpaired) electrons. The molecule has 1 aromatic rings. The lowest BCUT2D eigenvalue weighted by Crippen LogP contribution is -2.16. The summed E-state index contributed by atoms with van der Waals surface area (Å²) < 4.78 is 6.61. The molecule has 0 aliphatic carbocycles. The van der Waals surface area contributed by atoms with Gasteiger partial charge in [0, 0.05) is 29.1 Å². The van der Waals surface area contributed by atoms with Crippen molar-refractivity contribution in [1.82, 2.24) is 5.32 Å². The van der Waals surface area contributed by atoms with Crippen molar-refractivity contribution in [2.24, 2.45) is 0 Å². The first-order valence-electron chi connectivity index (χ1n) is 5.35. The summed E-state index contributed by atoms with van der Waals surface area (Å²) >= 11 is 5.30. The fourth-order valence-electron chi connectivity index (χ4n) is 1.20. The van der Waals surface area contributed by atoms with Gasteiger partial charge in [0.05, 0.1) is 0 Å². The van der Waals surface area contributed by atoms with Gasteiger partial charge in [-0.25, -0.2) is 0 Å². The Balaban J connectivity index is 1.96. The molecule has 0 aliphatic rings. The van der Waals surface area contributed by atoms with E-state index < -0.39 is 0 Å². The van der Waals surface area contributed by atoms with Crippen LogP contribution >= 0.6 is 27.3 Å². The normalized spacial score (nSPS) is 10.8. The third-order valence-corrected chi connectivity index (χ3v) is 3.89. The monoisotopic (exact) mass is 291 g/mol. The van der Waals surface area contributed by atoms with Gasteiger partial charge in [-0.3, -0.25) is 0 Å². The first-order valence-corrected chi connectivity index (χ1v) is 7.02. The quantitative estimate of drug-likeness (QED) is 0.741. The minimum Gasteiger partial charge on any atom is -0.381 e. The maximum absolute atomic E-state index is 5.40. The molecule has 1 N–H and O–H groups in total. The van der Waals surface area contributed by atoms with E-state index in [1.807, 2.05) is 0 Å². The molecule has 2 nitrogen and oxygen atoms in total. The number of hydrogen-bond acceptors (Lipinski definition) is 3. The molecule has 0 aliphatic heterocycles. The molecule has 0 saturated heterocycles. The Morgan fingerprint density at radius 1 is 1.47 bits per heavy atom. The third kappa shape index (κ3) is 5.66. The van der Waals surface area contributed by atoms with Gasteiger partial charge in [0.25, 0.3) is 0 Å². The second-order valence-corrected chi connectivity index (χ2v) is 5.19. The summed E-state index contributed by atoms with van der Waals surface area (Å²) in [7, 11) is 0. The van der Waals surface area contributed by atoms with Gasteiger partial charge in [0.2, 0.25) is 0 Å². The van der Waals surface area contributed by atoms with E-state index in [1.54, 1.807) is 11.3 Å². The fourth-order valence-corrected chi connectivity index (χ4v) is 2.66. The zero-order chi connectivity index (χ0) is 10.9. The van der Waals surface area contributed by atoms with Crippen molar-refractivity contribution in [2.45, 2.75) is 26.3 Å². The van der Waals surface area contributed by atoms with Crippen LogP contribution < -0.4 is 5.32 Å². The average Bonchev–Trinajstić information content (AvgIpc) is 2.63. The van der Waals surface area contributed by atoms with Crippen molar-refractivity contribution < 1.29 is 4.74 Å². The summed E-state index contributed by atoms with van der Waals surface area (Å²) in [6.45, 7) is 5.86. The lowest BCUT2D eigenvalue weighted by Gasteiger charge is -2.04. The van der Waals surface area contributed by atoms with Crippen LogP contribution in [-0.4, -0.2) is 19.8 Å². The zero-order valence-electron chi connectivity index (χ0n) is 9.09. The Labute approximate surface area is 104 Å². The molecule has 0 amide bonds. The van der Waals surface area contributed by atoms with Gasteiger partial charge in [-0.05, 0) is 46.8 Å². The van der Waals surface area contributed by atoms with E-state index in [4.69, 9.17) is 4.74 Å². The molecule has 0 unspecified atom stereocenters. The van der Waals surface area contributed by atoms with Gasteiger partial charge >= 0.3 is 0 Å². The molecule has 86 valence electrons. The van der Waals surface area contributed by atoms with Crippen molar-refractivity contribution in [2.75, 3.05) is 19.8 Å². The van der Waals surface area contributed by atoms with Crippen molar-refractivity contribution >= 4 is 27.3 Å². The lowest BCUT2D eigenvalue weighted by molar-refractivity contribution is 0.132. The van der Waals surface area contributed by atoms with Gasteiger partial charge < -0.3 is 10.1 Å². The van der Waals surface area contributed by atoms with E-state index in [2.05, 4.69) is 39.6 Å². The molecule has 0 spiro atoms. The maximum atomic E-state index is 5.40. The molecule has 4 heteroatoms. The molecule has 15 heavy (non-hydrogen) atoms. The maximum Gasteiger partial charge on any atom is 0.0478 e. The summed E-state index contributed by atoms with van der Waals surface area (Å²) in [4.78, 5) is 1.37. The Kier molecular flexibility index (Phi) is 7.26. The molecular weight excluding hydrogens is 274 g/mol. The van der Waals surface area contributed by atoms with E-state index >= 15 is 0 Å². The van der Waals surface area contributed by atoms with E-state index in [9.17, 15) is 0 Å². The van der Waals surface area contributed by atoms with Crippen LogP contribution in [-0.2, 0) is 11.3 Å². The number of halogens is 1. The Morgan fingerprint density at radius 3 is 3.00 bits per heavy atom. The van der Waals surface area contributed by atoms with E-state index in [-0.39, 0.29) is 0 Å². The minimum atomic E-state index is 0.868. The topological polar surface area (TPSA) is 21.3 Å². The Morgan fingerprint density at radius 2 is 2.33 bits per heavy atom. The van der Waals surface area contributed by atoms with Crippen LogP contribution in [0.15, 0.2) is 15.9 Å². The van der Waals surface area contributed by atoms with E-state index in [0.29, 0.717) is 0 Å². The summed E-state index contributed by atoms with van der Waals surface area (Å²) in [5.74, 6) is 0. The summed E-state index contributed by atoms with van der Waals surface area (Å²) in [5.41, 5.74) is 0. The van der Waals surface area contributed by atoms with Crippen LogP contribution in [0.2, 0.25) is 0 Å². The fraction of sp³-hybridized carbons (Fsp3) is 0.636. The van der Waals surface area contributed by atoms with Crippen LogP contribution in [0.3, 0.4) is 0 Å². The van der Waals surface area contributed by atoms with Gasteiger partial charge in [-0.15, -0.1) is 11.3 Å². The highest BCUT2D eigenvalue weighted by Crippen LogP contribution is 2.21. The molecule has 0 aromatic carbocycles. The zero-order valence-corrected chi connectivity index (χ0v) is 11.5. The SMILES string of the molecule is CCCOCCCNCc1sccc1Br. The van der Waals surface area contributed by atoms with Crippen LogP contribution in [0.5, 0.6) is 0 Å². The van der Waals surface area contributed by atoms with Gasteiger partial charge in [-0.1, -0.05) is 6.92 Å². The number of rotatable bonds is 8. The highest BCUT2D eigenvalue weighted by molar-refractivity contribution is 9.10. The molecule has 0 bridgehead atoms. The van der Waals surface area contributed by atoms with Gasteiger partial charge in [0.15, 0.2) is 0 Å². The highest BCUT2D eigenvalue weighted by atomic mass is 79.9. The average molecular weight is 292 g/mol. The molecule has 0 saturated carbocycles. The molecule has 1 aromatic heterocycles. The second-order valence-electron chi connectivity index (χ2n) is 3.33. The van der Waals surface area contributed by atoms with Crippen LogP contribution in [0.1, 0.15) is 24.6 Å².